The van der Waals surface area contributed by atoms with Gasteiger partial charge in [-0.3, -0.25) is 4.90 Å². The highest BCUT2D eigenvalue weighted by Gasteiger charge is 2.22. The highest BCUT2D eigenvalue weighted by molar-refractivity contribution is 4.76. The van der Waals surface area contributed by atoms with Crippen LogP contribution < -0.4 is 5.73 Å². The summed E-state index contributed by atoms with van der Waals surface area (Å²) in [5, 5.41) is 0. The Morgan fingerprint density at radius 3 is 3.00 bits per heavy atom. The van der Waals surface area contributed by atoms with Gasteiger partial charge < -0.3 is 10.5 Å². The molecule has 2 N–H and O–H groups in total. The van der Waals surface area contributed by atoms with Crippen LogP contribution in [-0.2, 0) is 4.74 Å². The van der Waals surface area contributed by atoms with Crippen LogP contribution >= 0.6 is 0 Å². The van der Waals surface area contributed by atoms with Crippen LogP contribution in [0.1, 0.15) is 13.8 Å². The van der Waals surface area contributed by atoms with Crippen LogP contribution in [0.3, 0.4) is 0 Å². The van der Waals surface area contributed by atoms with E-state index in [1.54, 1.807) is 0 Å². The summed E-state index contributed by atoms with van der Waals surface area (Å²) in [4.78, 5) is 2.41. The first-order valence-corrected chi connectivity index (χ1v) is 4.29. The van der Waals surface area contributed by atoms with Gasteiger partial charge in [-0.1, -0.05) is 0 Å². The minimum atomic E-state index is 0.494. The van der Waals surface area contributed by atoms with Gasteiger partial charge in [-0.2, -0.15) is 0 Å². The molecule has 0 aliphatic carbocycles. The van der Waals surface area contributed by atoms with Crippen LogP contribution in [0.4, 0.5) is 0 Å². The van der Waals surface area contributed by atoms with E-state index in [0.29, 0.717) is 12.1 Å². The number of hydrogen-bond donors (Lipinski definition) is 1. The molecule has 1 heterocycles. The van der Waals surface area contributed by atoms with E-state index in [1.807, 2.05) is 0 Å². The fourth-order valence-corrected chi connectivity index (χ4v) is 1.53. The van der Waals surface area contributed by atoms with E-state index in [0.717, 1.165) is 26.3 Å². The molecule has 0 aromatic heterocycles. The number of hydrogen-bond acceptors (Lipinski definition) is 3. The molecule has 2 atom stereocenters. The smallest absolute Gasteiger partial charge is 0.0619 e. The SMILES string of the molecule is C[C@@H](CN)N1CCOC[C@@H]1C. The molecule has 1 aliphatic rings. The lowest BCUT2D eigenvalue weighted by Crippen LogP contribution is -2.50. The molecular weight excluding hydrogens is 140 g/mol. The Balaban J connectivity index is 2.40. The zero-order chi connectivity index (χ0) is 8.27. The molecule has 1 rings (SSSR count). The van der Waals surface area contributed by atoms with Crippen molar-refractivity contribution in [3.05, 3.63) is 0 Å². The van der Waals surface area contributed by atoms with Crippen molar-refractivity contribution in [2.75, 3.05) is 26.3 Å². The molecule has 66 valence electrons. The van der Waals surface area contributed by atoms with Crippen LogP contribution in [0.25, 0.3) is 0 Å². The van der Waals surface area contributed by atoms with Crippen molar-refractivity contribution in [2.45, 2.75) is 25.9 Å². The molecule has 1 fully saturated rings. The Labute approximate surface area is 68.5 Å². The lowest BCUT2D eigenvalue weighted by atomic mass is 10.2. The fourth-order valence-electron chi connectivity index (χ4n) is 1.53. The van der Waals surface area contributed by atoms with Gasteiger partial charge in [-0.05, 0) is 13.8 Å². The molecule has 1 saturated heterocycles. The van der Waals surface area contributed by atoms with Gasteiger partial charge >= 0.3 is 0 Å². The van der Waals surface area contributed by atoms with E-state index < -0.39 is 0 Å². The third-order valence-corrected chi connectivity index (χ3v) is 2.33. The van der Waals surface area contributed by atoms with E-state index in [2.05, 4.69) is 18.7 Å². The summed E-state index contributed by atoms with van der Waals surface area (Å²) in [5.74, 6) is 0. The molecule has 11 heavy (non-hydrogen) atoms. The molecule has 0 saturated carbocycles. The highest BCUT2D eigenvalue weighted by Crippen LogP contribution is 2.09. The quantitative estimate of drug-likeness (QED) is 0.617. The molecule has 3 heteroatoms. The predicted octanol–water partition coefficient (Wildman–Crippen LogP) is 0.0543. The van der Waals surface area contributed by atoms with Crippen LogP contribution in [0, 0.1) is 0 Å². The molecule has 0 aromatic rings. The first-order chi connectivity index (χ1) is 5.25. The van der Waals surface area contributed by atoms with Crippen molar-refractivity contribution in [1.82, 2.24) is 4.90 Å². The second kappa shape index (κ2) is 4.04. The van der Waals surface area contributed by atoms with Crippen LogP contribution in [0.2, 0.25) is 0 Å². The number of morpholine rings is 1. The maximum absolute atomic E-state index is 5.58. The summed E-state index contributed by atoms with van der Waals surface area (Å²) in [6.07, 6.45) is 0. The summed E-state index contributed by atoms with van der Waals surface area (Å²) in [5.41, 5.74) is 5.58. The first kappa shape index (κ1) is 8.97. The Morgan fingerprint density at radius 2 is 2.45 bits per heavy atom. The summed E-state index contributed by atoms with van der Waals surface area (Å²) >= 11 is 0. The van der Waals surface area contributed by atoms with Crippen LogP contribution in [0.15, 0.2) is 0 Å². The third-order valence-electron chi connectivity index (χ3n) is 2.33. The maximum atomic E-state index is 5.58. The van der Waals surface area contributed by atoms with Crippen molar-refractivity contribution in [1.29, 1.82) is 0 Å². The van der Waals surface area contributed by atoms with Crippen molar-refractivity contribution in [2.24, 2.45) is 5.73 Å². The average molecular weight is 158 g/mol. The average Bonchev–Trinajstić information content (AvgIpc) is 2.04. The maximum Gasteiger partial charge on any atom is 0.0619 e. The molecule has 0 spiro atoms. The van der Waals surface area contributed by atoms with E-state index >= 15 is 0 Å². The van der Waals surface area contributed by atoms with Crippen LogP contribution in [0.5, 0.6) is 0 Å². The van der Waals surface area contributed by atoms with Gasteiger partial charge in [0.2, 0.25) is 0 Å². The zero-order valence-electron chi connectivity index (χ0n) is 7.42. The van der Waals surface area contributed by atoms with Gasteiger partial charge in [0.1, 0.15) is 0 Å². The Morgan fingerprint density at radius 1 is 1.73 bits per heavy atom. The van der Waals surface area contributed by atoms with Gasteiger partial charge in [-0.15, -0.1) is 0 Å². The molecular formula is C8H18N2O. The lowest BCUT2D eigenvalue weighted by molar-refractivity contribution is -0.0166. The minimum Gasteiger partial charge on any atom is -0.379 e. The van der Waals surface area contributed by atoms with E-state index in [4.69, 9.17) is 10.5 Å². The van der Waals surface area contributed by atoms with E-state index in [-0.39, 0.29) is 0 Å². The topological polar surface area (TPSA) is 38.5 Å². The van der Waals surface area contributed by atoms with Gasteiger partial charge in [0.25, 0.3) is 0 Å². The summed E-state index contributed by atoms with van der Waals surface area (Å²) in [6, 6.07) is 1.02. The van der Waals surface area contributed by atoms with Crippen LogP contribution in [-0.4, -0.2) is 43.3 Å². The Kier molecular flexibility index (Phi) is 3.30. The van der Waals surface area contributed by atoms with E-state index in [1.165, 1.54) is 0 Å². The second-order valence-electron chi connectivity index (χ2n) is 3.25. The number of nitrogens with zero attached hydrogens (tertiary/aromatic N) is 1. The Bertz CT molecular complexity index is 115. The number of rotatable bonds is 2. The molecule has 0 unspecified atom stereocenters. The van der Waals surface area contributed by atoms with Crippen molar-refractivity contribution < 1.29 is 4.74 Å². The number of ether oxygens (including phenoxy) is 1. The molecule has 0 radical (unpaired) electrons. The summed E-state index contributed by atoms with van der Waals surface area (Å²) in [6.45, 7) is 7.83. The highest BCUT2D eigenvalue weighted by atomic mass is 16.5. The number of nitrogens with two attached hydrogens (primary N) is 1. The van der Waals surface area contributed by atoms with Crippen molar-refractivity contribution in [3.8, 4) is 0 Å². The van der Waals surface area contributed by atoms with E-state index in [9.17, 15) is 0 Å². The first-order valence-electron chi connectivity index (χ1n) is 4.29. The van der Waals surface area contributed by atoms with Gasteiger partial charge in [-0.25, -0.2) is 0 Å². The Hall–Kier alpha value is -0.120. The second-order valence-corrected chi connectivity index (χ2v) is 3.25. The standard InChI is InChI=1S/C8H18N2O/c1-7(5-9)10-3-4-11-6-8(10)2/h7-8H,3-6,9H2,1-2H3/t7-,8-/m0/s1. The minimum absolute atomic E-state index is 0.494. The van der Waals surface area contributed by atoms with Crippen molar-refractivity contribution in [3.63, 3.8) is 0 Å². The summed E-state index contributed by atoms with van der Waals surface area (Å²) < 4.78 is 5.32. The van der Waals surface area contributed by atoms with Crippen molar-refractivity contribution >= 4 is 0 Å². The molecule has 0 amide bonds. The molecule has 3 nitrogen and oxygen atoms in total. The summed E-state index contributed by atoms with van der Waals surface area (Å²) in [7, 11) is 0. The van der Waals surface area contributed by atoms with Gasteiger partial charge in [0.15, 0.2) is 0 Å². The lowest BCUT2D eigenvalue weighted by Gasteiger charge is -2.37. The molecule has 1 aliphatic heterocycles. The fraction of sp³-hybridized carbons (Fsp3) is 1.00. The predicted molar refractivity (Wildman–Crippen MR) is 45.5 cm³/mol. The monoisotopic (exact) mass is 158 g/mol. The molecule has 0 aromatic carbocycles. The molecule has 0 bridgehead atoms. The normalized spacial score (nSPS) is 30.3. The van der Waals surface area contributed by atoms with Gasteiger partial charge in [0.05, 0.1) is 13.2 Å². The third kappa shape index (κ3) is 2.15. The zero-order valence-corrected chi connectivity index (χ0v) is 7.42. The largest absolute Gasteiger partial charge is 0.379 e. The van der Waals surface area contributed by atoms with Gasteiger partial charge in [0, 0.05) is 25.2 Å².